The Morgan fingerprint density at radius 3 is 2.20 bits per heavy atom. The number of carbonyl (C=O) groups excluding carboxylic acids is 2. The molecule has 160 valence electrons. The lowest BCUT2D eigenvalue weighted by atomic mass is 10.0. The number of methoxy groups -OCH3 is 3. The Kier molecular flexibility index (Phi) is 7.17. The first kappa shape index (κ1) is 21.5. The molecule has 1 aliphatic rings. The summed E-state index contributed by atoms with van der Waals surface area (Å²) in [6, 6.07) is 12.7. The lowest BCUT2D eigenvalue weighted by Gasteiger charge is -2.32. The molecule has 2 amide bonds. The lowest BCUT2D eigenvalue weighted by molar-refractivity contribution is -0.121. The van der Waals surface area contributed by atoms with Gasteiger partial charge in [0.25, 0.3) is 5.91 Å². The maximum absolute atomic E-state index is 12.7. The summed E-state index contributed by atoms with van der Waals surface area (Å²) in [6.45, 7) is 1.23. The highest BCUT2D eigenvalue weighted by molar-refractivity contribution is 5.94. The van der Waals surface area contributed by atoms with Gasteiger partial charge in [-0.3, -0.25) is 9.59 Å². The largest absolute Gasteiger partial charge is 0.497 e. The molecule has 0 aromatic heterocycles. The molecular weight excluding hydrogens is 384 g/mol. The van der Waals surface area contributed by atoms with Crippen LogP contribution in [0.5, 0.6) is 17.2 Å². The van der Waals surface area contributed by atoms with Crippen LogP contribution in [0.1, 0.15) is 28.8 Å². The van der Waals surface area contributed by atoms with Crippen molar-refractivity contribution in [1.82, 2.24) is 10.2 Å². The molecule has 0 unspecified atom stereocenters. The van der Waals surface area contributed by atoms with Gasteiger partial charge in [0, 0.05) is 24.7 Å². The van der Waals surface area contributed by atoms with Crippen molar-refractivity contribution in [2.75, 3.05) is 34.4 Å². The van der Waals surface area contributed by atoms with E-state index in [-0.39, 0.29) is 24.3 Å². The quantitative estimate of drug-likeness (QED) is 0.757. The lowest BCUT2D eigenvalue weighted by Crippen LogP contribution is -2.46. The van der Waals surface area contributed by atoms with Crippen LogP contribution in [0.4, 0.5) is 0 Å². The Bertz CT molecular complexity index is 874. The number of nitrogens with one attached hydrogen (secondary N) is 1. The number of nitrogens with zero attached hydrogens (tertiary/aromatic N) is 1. The molecule has 1 N–H and O–H groups in total. The standard InChI is InChI=1S/C23H28N2O5/c1-28-19-7-5-17(6-8-19)23(27)25-12-10-18(11-13-25)24-22(26)15-16-4-9-20(29-2)21(14-16)30-3/h4-9,14,18H,10-13,15H2,1-3H3,(H,24,26). The highest BCUT2D eigenvalue weighted by Gasteiger charge is 2.24. The van der Waals surface area contributed by atoms with Crippen LogP contribution in [0.25, 0.3) is 0 Å². The van der Waals surface area contributed by atoms with E-state index in [1.807, 2.05) is 17.0 Å². The number of carbonyl (C=O) groups is 2. The summed E-state index contributed by atoms with van der Waals surface area (Å²) in [5.74, 6) is 1.93. The molecule has 1 saturated heterocycles. The molecule has 7 nitrogen and oxygen atoms in total. The highest BCUT2D eigenvalue weighted by atomic mass is 16.5. The van der Waals surface area contributed by atoms with Gasteiger partial charge in [-0.05, 0) is 54.8 Å². The number of hydrogen-bond donors (Lipinski definition) is 1. The van der Waals surface area contributed by atoms with Gasteiger partial charge in [-0.15, -0.1) is 0 Å². The third-order valence-electron chi connectivity index (χ3n) is 5.30. The van der Waals surface area contributed by atoms with Gasteiger partial charge in [0.2, 0.25) is 5.91 Å². The van der Waals surface area contributed by atoms with Crippen LogP contribution >= 0.6 is 0 Å². The summed E-state index contributed by atoms with van der Waals surface area (Å²) in [5, 5.41) is 3.08. The second-order valence-electron chi connectivity index (χ2n) is 7.23. The molecule has 0 atom stereocenters. The van der Waals surface area contributed by atoms with Gasteiger partial charge in [-0.25, -0.2) is 0 Å². The van der Waals surface area contributed by atoms with Crippen LogP contribution in [0.3, 0.4) is 0 Å². The summed E-state index contributed by atoms with van der Waals surface area (Å²) < 4.78 is 15.7. The third kappa shape index (κ3) is 5.23. The van der Waals surface area contributed by atoms with E-state index in [1.165, 1.54) is 0 Å². The molecule has 0 aliphatic carbocycles. The van der Waals surface area contributed by atoms with Gasteiger partial charge < -0.3 is 24.4 Å². The molecule has 1 heterocycles. The van der Waals surface area contributed by atoms with Gasteiger partial charge in [0.15, 0.2) is 11.5 Å². The number of likely N-dealkylation sites (tertiary alicyclic amines) is 1. The van der Waals surface area contributed by atoms with Crippen LogP contribution in [0, 0.1) is 0 Å². The molecule has 0 bridgehead atoms. The average Bonchev–Trinajstić information content (AvgIpc) is 2.79. The summed E-state index contributed by atoms with van der Waals surface area (Å²) in [7, 11) is 4.75. The fourth-order valence-corrected chi connectivity index (χ4v) is 3.60. The maximum Gasteiger partial charge on any atom is 0.253 e. The molecule has 1 aliphatic heterocycles. The molecule has 0 radical (unpaired) electrons. The van der Waals surface area contributed by atoms with Crippen molar-refractivity contribution in [3.05, 3.63) is 53.6 Å². The Morgan fingerprint density at radius 1 is 0.933 bits per heavy atom. The summed E-state index contributed by atoms with van der Waals surface area (Å²) in [6.07, 6.45) is 1.74. The Labute approximate surface area is 176 Å². The number of hydrogen-bond acceptors (Lipinski definition) is 5. The zero-order valence-electron chi connectivity index (χ0n) is 17.6. The summed E-state index contributed by atoms with van der Waals surface area (Å²) in [4.78, 5) is 26.9. The first-order valence-electron chi connectivity index (χ1n) is 9.97. The minimum absolute atomic E-state index is 0.00718. The molecule has 3 rings (SSSR count). The topological polar surface area (TPSA) is 77.1 Å². The van der Waals surface area contributed by atoms with E-state index >= 15 is 0 Å². The number of rotatable bonds is 7. The molecule has 2 aromatic rings. The van der Waals surface area contributed by atoms with Crippen molar-refractivity contribution < 1.29 is 23.8 Å². The molecule has 2 aromatic carbocycles. The Balaban J connectivity index is 1.49. The second kappa shape index (κ2) is 10.0. The van der Waals surface area contributed by atoms with Crippen LogP contribution in [0.15, 0.2) is 42.5 Å². The fraction of sp³-hybridized carbons (Fsp3) is 0.391. The van der Waals surface area contributed by atoms with Crippen LogP contribution in [0.2, 0.25) is 0 Å². The second-order valence-corrected chi connectivity index (χ2v) is 7.23. The van der Waals surface area contributed by atoms with Crippen molar-refractivity contribution in [3.63, 3.8) is 0 Å². The van der Waals surface area contributed by atoms with Gasteiger partial charge >= 0.3 is 0 Å². The normalized spacial score (nSPS) is 14.2. The van der Waals surface area contributed by atoms with E-state index in [9.17, 15) is 9.59 Å². The molecule has 1 fully saturated rings. The average molecular weight is 412 g/mol. The van der Waals surface area contributed by atoms with Gasteiger partial charge in [-0.1, -0.05) is 6.07 Å². The van der Waals surface area contributed by atoms with Gasteiger partial charge in [0.1, 0.15) is 5.75 Å². The highest BCUT2D eigenvalue weighted by Crippen LogP contribution is 2.27. The van der Waals surface area contributed by atoms with E-state index in [0.717, 1.165) is 24.2 Å². The number of ether oxygens (including phenoxy) is 3. The first-order valence-corrected chi connectivity index (χ1v) is 9.97. The van der Waals surface area contributed by atoms with Crippen molar-refractivity contribution in [2.45, 2.75) is 25.3 Å². The first-order chi connectivity index (χ1) is 14.5. The van der Waals surface area contributed by atoms with Gasteiger partial charge in [0.05, 0.1) is 27.8 Å². The molecule has 0 saturated carbocycles. The van der Waals surface area contributed by atoms with Gasteiger partial charge in [-0.2, -0.15) is 0 Å². The molecule has 30 heavy (non-hydrogen) atoms. The zero-order valence-corrected chi connectivity index (χ0v) is 17.6. The summed E-state index contributed by atoms with van der Waals surface area (Å²) in [5.41, 5.74) is 1.50. The predicted octanol–water partition coefficient (Wildman–Crippen LogP) is 2.68. The number of piperidine rings is 1. The molecule has 0 spiro atoms. The van der Waals surface area contributed by atoms with Crippen molar-refractivity contribution in [2.24, 2.45) is 0 Å². The zero-order chi connectivity index (χ0) is 21.5. The van der Waals surface area contributed by atoms with E-state index in [1.54, 1.807) is 51.7 Å². The van der Waals surface area contributed by atoms with E-state index in [2.05, 4.69) is 5.32 Å². The monoisotopic (exact) mass is 412 g/mol. The minimum Gasteiger partial charge on any atom is -0.497 e. The van der Waals surface area contributed by atoms with E-state index in [0.29, 0.717) is 30.2 Å². The van der Waals surface area contributed by atoms with Crippen LogP contribution in [-0.4, -0.2) is 57.2 Å². The third-order valence-corrected chi connectivity index (χ3v) is 5.30. The smallest absolute Gasteiger partial charge is 0.253 e. The van der Waals surface area contributed by atoms with Crippen molar-refractivity contribution in [3.8, 4) is 17.2 Å². The minimum atomic E-state index is -0.0397. The van der Waals surface area contributed by atoms with Crippen LogP contribution < -0.4 is 19.5 Å². The molecule has 7 heteroatoms. The predicted molar refractivity (Wildman–Crippen MR) is 113 cm³/mol. The maximum atomic E-state index is 12.7. The van der Waals surface area contributed by atoms with E-state index in [4.69, 9.17) is 14.2 Å². The van der Waals surface area contributed by atoms with Crippen molar-refractivity contribution in [1.29, 1.82) is 0 Å². The number of amides is 2. The SMILES string of the molecule is COc1ccc(C(=O)N2CCC(NC(=O)Cc3ccc(OC)c(OC)c3)CC2)cc1. The van der Waals surface area contributed by atoms with Crippen LogP contribution in [-0.2, 0) is 11.2 Å². The Hall–Kier alpha value is -3.22. The Morgan fingerprint density at radius 2 is 1.60 bits per heavy atom. The number of benzene rings is 2. The van der Waals surface area contributed by atoms with Crippen molar-refractivity contribution >= 4 is 11.8 Å². The summed E-state index contributed by atoms with van der Waals surface area (Å²) >= 11 is 0. The molecular formula is C23H28N2O5. The van der Waals surface area contributed by atoms with E-state index < -0.39 is 0 Å². The fourth-order valence-electron chi connectivity index (χ4n) is 3.60.